The highest BCUT2D eigenvalue weighted by Gasteiger charge is 2.24. The molecule has 1 atom stereocenters. The van der Waals surface area contributed by atoms with Crippen LogP contribution in [-0.4, -0.2) is 44.1 Å². The molecule has 1 aliphatic heterocycles. The number of H-pyrrole nitrogens is 1. The van der Waals surface area contributed by atoms with Crippen molar-refractivity contribution in [2.45, 2.75) is 40.0 Å². The molecule has 2 aromatic heterocycles. The van der Waals surface area contributed by atoms with Gasteiger partial charge in [-0.3, -0.25) is 19.9 Å². The standard InChI is InChI=1S/C17H23N5O/c1-11-16(12(2)21-20-11)17-15(18-6-7-19-17)9-14-5-4-8-22(10-14)13(3)23/h6-7,14H,4-5,8-10H2,1-3H3,(H,20,21). The summed E-state index contributed by atoms with van der Waals surface area (Å²) in [6.07, 6.45) is 6.51. The van der Waals surface area contributed by atoms with Gasteiger partial charge >= 0.3 is 0 Å². The summed E-state index contributed by atoms with van der Waals surface area (Å²) in [6.45, 7) is 7.32. The predicted molar refractivity (Wildman–Crippen MR) is 87.8 cm³/mol. The molecule has 1 aliphatic rings. The van der Waals surface area contributed by atoms with Crippen molar-refractivity contribution >= 4 is 5.91 Å². The number of carbonyl (C=O) groups excluding carboxylic acids is 1. The van der Waals surface area contributed by atoms with E-state index >= 15 is 0 Å². The Morgan fingerprint density at radius 2 is 2.13 bits per heavy atom. The van der Waals surface area contributed by atoms with Crippen LogP contribution in [0.2, 0.25) is 0 Å². The van der Waals surface area contributed by atoms with Gasteiger partial charge in [0.05, 0.1) is 17.1 Å². The molecule has 1 fully saturated rings. The summed E-state index contributed by atoms with van der Waals surface area (Å²) in [4.78, 5) is 22.7. The lowest BCUT2D eigenvalue weighted by molar-refractivity contribution is -0.130. The van der Waals surface area contributed by atoms with E-state index in [0.717, 1.165) is 60.7 Å². The molecular formula is C17H23N5O. The zero-order chi connectivity index (χ0) is 16.4. The Balaban J connectivity index is 1.85. The quantitative estimate of drug-likeness (QED) is 0.943. The molecule has 122 valence electrons. The van der Waals surface area contributed by atoms with Crippen molar-refractivity contribution in [3.63, 3.8) is 0 Å². The largest absolute Gasteiger partial charge is 0.343 e. The average Bonchev–Trinajstić information content (AvgIpc) is 2.87. The summed E-state index contributed by atoms with van der Waals surface area (Å²) in [5, 5.41) is 7.29. The van der Waals surface area contributed by atoms with Crippen LogP contribution in [0.15, 0.2) is 12.4 Å². The lowest BCUT2D eigenvalue weighted by Gasteiger charge is -2.32. The van der Waals surface area contributed by atoms with Crippen molar-refractivity contribution in [1.82, 2.24) is 25.1 Å². The molecule has 6 heteroatoms. The highest BCUT2D eigenvalue weighted by molar-refractivity contribution is 5.73. The molecule has 3 heterocycles. The van der Waals surface area contributed by atoms with Crippen molar-refractivity contribution in [2.24, 2.45) is 5.92 Å². The van der Waals surface area contributed by atoms with Crippen molar-refractivity contribution in [3.8, 4) is 11.3 Å². The first-order chi connectivity index (χ1) is 11.1. The molecule has 6 nitrogen and oxygen atoms in total. The number of piperidine rings is 1. The molecular weight excluding hydrogens is 290 g/mol. The van der Waals surface area contributed by atoms with E-state index in [1.165, 1.54) is 0 Å². The fourth-order valence-electron chi connectivity index (χ4n) is 3.42. The van der Waals surface area contributed by atoms with E-state index in [2.05, 4.69) is 20.2 Å². The Kier molecular flexibility index (Phi) is 4.41. The first-order valence-electron chi connectivity index (χ1n) is 8.13. The Morgan fingerprint density at radius 1 is 1.35 bits per heavy atom. The van der Waals surface area contributed by atoms with Crippen LogP contribution in [0.1, 0.15) is 36.8 Å². The molecule has 1 amide bonds. The van der Waals surface area contributed by atoms with E-state index in [0.29, 0.717) is 5.92 Å². The number of aryl methyl sites for hydroxylation is 2. The summed E-state index contributed by atoms with van der Waals surface area (Å²) >= 11 is 0. The van der Waals surface area contributed by atoms with Gasteiger partial charge in [-0.15, -0.1) is 0 Å². The summed E-state index contributed by atoms with van der Waals surface area (Å²) in [6, 6.07) is 0. The van der Waals surface area contributed by atoms with Gasteiger partial charge in [0.2, 0.25) is 5.91 Å². The van der Waals surface area contributed by atoms with Gasteiger partial charge in [-0.25, -0.2) is 0 Å². The second kappa shape index (κ2) is 6.48. The molecule has 1 unspecified atom stereocenters. The SMILES string of the molecule is CC(=O)N1CCCC(Cc2nccnc2-c2c(C)n[nH]c2C)C1. The maximum atomic E-state index is 11.6. The highest BCUT2D eigenvalue weighted by Crippen LogP contribution is 2.28. The van der Waals surface area contributed by atoms with Gasteiger partial charge in [-0.05, 0) is 39.0 Å². The molecule has 0 saturated carbocycles. The number of hydrogen-bond acceptors (Lipinski definition) is 4. The number of amides is 1. The van der Waals surface area contributed by atoms with Crippen molar-refractivity contribution < 1.29 is 4.79 Å². The summed E-state index contributed by atoms with van der Waals surface area (Å²) in [5.74, 6) is 0.603. The Hall–Kier alpha value is -2.24. The zero-order valence-electron chi connectivity index (χ0n) is 14.0. The van der Waals surface area contributed by atoms with Crippen LogP contribution in [0, 0.1) is 19.8 Å². The topological polar surface area (TPSA) is 74.8 Å². The van der Waals surface area contributed by atoms with E-state index in [1.807, 2.05) is 18.7 Å². The normalized spacial score (nSPS) is 18.2. The Labute approximate surface area is 136 Å². The second-order valence-corrected chi connectivity index (χ2v) is 6.34. The van der Waals surface area contributed by atoms with Crippen LogP contribution in [0.25, 0.3) is 11.3 Å². The molecule has 0 radical (unpaired) electrons. The van der Waals surface area contributed by atoms with Crippen molar-refractivity contribution in [2.75, 3.05) is 13.1 Å². The van der Waals surface area contributed by atoms with E-state index in [4.69, 9.17) is 0 Å². The molecule has 0 spiro atoms. The van der Waals surface area contributed by atoms with E-state index in [-0.39, 0.29) is 5.91 Å². The van der Waals surface area contributed by atoms with Gasteiger partial charge in [0, 0.05) is 43.7 Å². The number of aromatic amines is 1. The lowest BCUT2D eigenvalue weighted by atomic mass is 9.91. The third kappa shape index (κ3) is 3.25. The van der Waals surface area contributed by atoms with Crippen LogP contribution in [0.3, 0.4) is 0 Å². The summed E-state index contributed by atoms with van der Waals surface area (Å²) in [5.41, 5.74) is 4.91. The third-order valence-electron chi connectivity index (χ3n) is 4.59. The molecule has 23 heavy (non-hydrogen) atoms. The molecule has 0 aromatic carbocycles. The lowest BCUT2D eigenvalue weighted by Crippen LogP contribution is -2.39. The van der Waals surface area contributed by atoms with E-state index in [9.17, 15) is 4.79 Å². The number of likely N-dealkylation sites (tertiary alicyclic amines) is 1. The predicted octanol–water partition coefficient (Wildman–Crippen LogP) is 2.28. The van der Waals surface area contributed by atoms with Crippen LogP contribution in [0.5, 0.6) is 0 Å². The van der Waals surface area contributed by atoms with E-state index in [1.54, 1.807) is 19.3 Å². The maximum Gasteiger partial charge on any atom is 0.219 e. The summed E-state index contributed by atoms with van der Waals surface area (Å²) in [7, 11) is 0. The third-order valence-corrected chi connectivity index (χ3v) is 4.59. The number of nitrogens with zero attached hydrogens (tertiary/aromatic N) is 4. The van der Waals surface area contributed by atoms with E-state index < -0.39 is 0 Å². The smallest absolute Gasteiger partial charge is 0.219 e. The minimum absolute atomic E-state index is 0.163. The van der Waals surface area contributed by atoms with Crippen molar-refractivity contribution in [3.05, 3.63) is 29.5 Å². The van der Waals surface area contributed by atoms with Gasteiger partial charge in [-0.1, -0.05) is 0 Å². The number of aromatic nitrogens is 4. The fraction of sp³-hybridized carbons (Fsp3) is 0.529. The Morgan fingerprint density at radius 3 is 2.83 bits per heavy atom. The van der Waals surface area contributed by atoms with Crippen LogP contribution in [-0.2, 0) is 11.2 Å². The van der Waals surface area contributed by atoms with Crippen LogP contribution < -0.4 is 0 Å². The van der Waals surface area contributed by atoms with Gasteiger partial charge in [-0.2, -0.15) is 5.10 Å². The highest BCUT2D eigenvalue weighted by atomic mass is 16.2. The fourth-order valence-corrected chi connectivity index (χ4v) is 3.42. The van der Waals surface area contributed by atoms with Crippen molar-refractivity contribution in [1.29, 1.82) is 0 Å². The van der Waals surface area contributed by atoms with Gasteiger partial charge in [0.15, 0.2) is 0 Å². The van der Waals surface area contributed by atoms with Gasteiger partial charge in [0.25, 0.3) is 0 Å². The van der Waals surface area contributed by atoms with Gasteiger partial charge in [0.1, 0.15) is 0 Å². The maximum absolute atomic E-state index is 11.6. The molecule has 1 saturated heterocycles. The van der Waals surface area contributed by atoms with Crippen LogP contribution in [0.4, 0.5) is 0 Å². The first-order valence-corrected chi connectivity index (χ1v) is 8.13. The molecule has 3 rings (SSSR count). The monoisotopic (exact) mass is 313 g/mol. The number of hydrogen-bond donors (Lipinski definition) is 1. The average molecular weight is 313 g/mol. The minimum atomic E-state index is 0.163. The van der Waals surface area contributed by atoms with Crippen LogP contribution >= 0.6 is 0 Å². The minimum Gasteiger partial charge on any atom is -0.343 e. The molecule has 1 N–H and O–H groups in total. The second-order valence-electron chi connectivity index (χ2n) is 6.34. The van der Waals surface area contributed by atoms with Gasteiger partial charge < -0.3 is 4.90 Å². The molecule has 2 aromatic rings. The number of carbonyl (C=O) groups is 1. The molecule has 0 aliphatic carbocycles. The Bertz CT molecular complexity index is 689. The number of rotatable bonds is 3. The number of nitrogens with one attached hydrogen (secondary N) is 1. The molecule has 0 bridgehead atoms. The summed E-state index contributed by atoms with van der Waals surface area (Å²) < 4.78 is 0. The first kappa shape index (κ1) is 15.6. The zero-order valence-corrected chi connectivity index (χ0v) is 14.0.